The fourth-order valence-corrected chi connectivity index (χ4v) is 5.02. The monoisotopic (exact) mass is 457 g/mol. The molecule has 0 aliphatic carbocycles. The Balaban J connectivity index is 1.22. The normalized spacial score (nSPS) is 21.7. The smallest absolute Gasteiger partial charge is 0.243 e. The molecule has 0 aromatic heterocycles. The standard InChI is InChI=1S/C24H28FN3O3S/c25-20-4-2-1-3-19(20)13-22-24(30)27-21(16-32-22)23(29)26-14-17-5-7-18(8-6-17)15-28-9-11-31-12-10-28/h1-8,21-22H,9-16H2,(H,26,29)(H,27,30)/t21-,22+/m1/s1. The predicted molar refractivity (Wildman–Crippen MR) is 123 cm³/mol. The average Bonchev–Trinajstić information content (AvgIpc) is 2.82. The van der Waals surface area contributed by atoms with Gasteiger partial charge in [0.25, 0.3) is 0 Å². The van der Waals surface area contributed by atoms with Crippen molar-refractivity contribution in [2.45, 2.75) is 30.8 Å². The largest absolute Gasteiger partial charge is 0.379 e. The minimum absolute atomic E-state index is 0.201. The number of morpholine rings is 1. The lowest BCUT2D eigenvalue weighted by atomic mass is 10.1. The molecule has 2 amide bonds. The van der Waals surface area contributed by atoms with Gasteiger partial charge in [0.05, 0.1) is 18.5 Å². The van der Waals surface area contributed by atoms with E-state index in [2.05, 4.69) is 27.7 Å². The van der Waals surface area contributed by atoms with Crippen molar-refractivity contribution < 1.29 is 18.7 Å². The molecule has 170 valence electrons. The molecular weight excluding hydrogens is 429 g/mol. The molecule has 2 aliphatic rings. The Bertz CT molecular complexity index is 934. The van der Waals surface area contributed by atoms with Gasteiger partial charge >= 0.3 is 0 Å². The van der Waals surface area contributed by atoms with Crippen LogP contribution >= 0.6 is 11.8 Å². The molecule has 8 heteroatoms. The SMILES string of the molecule is O=C1N[C@@H](C(=O)NCc2ccc(CN3CCOCC3)cc2)CS[C@H]1Cc1ccccc1F. The number of carbonyl (C=O) groups excluding carboxylic acids is 2. The van der Waals surface area contributed by atoms with Gasteiger partial charge in [-0.25, -0.2) is 4.39 Å². The summed E-state index contributed by atoms with van der Waals surface area (Å²) in [6, 6.07) is 14.1. The summed E-state index contributed by atoms with van der Waals surface area (Å²) in [5.41, 5.74) is 2.76. The van der Waals surface area contributed by atoms with Crippen LogP contribution in [0.5, 0.6) is 0 Å². The number of amides is 2. The van der Waals surface area contributed by atoms with Crippen LogP contribution in [0.25, 0.3) is 0 Å². The number of halogens is 1. The van der Waals surface area contributed by atoms with E-state index in [1.807, 2.05) is 12.1 Å². The third-order valence-electron chi connectivity index (χ3n) is 5.75. The number of nitrogens with zero attached hydrogens (tertiary/aromatic N) is 1. The van der Waals surface area contributed by atoms with Crippen LogP contribution < -0.4 is 10.6 Å². The van der Waals surface area contributed by atoms with Gasteiger partial charge in [0.15, 0.2) is 0 Å². The number of rotatable bonds is 7. The maximum atomic E-state index is 13.9. The highest BCUT2D eigenvalue weighted by Crippen LogP contribution is 2.23. The quantitative estimate of drug-likeness (QED) is 0.667. The van der Waals surface area contributed by atoms with Crippen LogP contribution in [0.4, 0.5) is 4.39 Å². The molecule has 32 heavy (non-hydrogen) atoms. The molecule has 0 saturated carbocycles. The molecule has 2 heterocycles. The Morgan fingerprint density at radius 3 is 2.56 bits per heavy atom. The van der Waals surface area contributed by atoms with E-state index in [0.717, 1.165) is 38.4 Å². The minimum Gasteiger partial charge on any atom is -0.379 e. The van der Waals surface area contributed by atoms with Gasteiger partial charge in [0.1, 0.15) is 11.9 Å². The lowest BCUT2D eigenvalue weighted by Gasteiger charge is -2.28. The first-order valence-corrected chi connectivity index (χ1v) is 11.9. The first-order chi connectivity index (χ1) is 15.6. The van der Waals surface area contributed by atoms with Crippen LogP contribution in [0.3, 0.4) is 0 Å². The Morgan fingerprint density at radius 2 is 1.84 bits per heavy atom. The van der Waals surface area contributed by atoms with E-state index in [-0.39, 0.29) is 17.6 Å². The molecule has 4 rings (SSSR count). The van der Waals surface area contributed by atoms with E-state index >= 15 is 0 Å². The molecule has 0 bridgehead atoms. The second-order valence-electron chi connectivity index (χ2n) is 8.10. The van der Waals surface area contributed by atoms with Crippen molar-refractivity contribution in [3.8, 4) is 0 Å². The highest BCUT2D eigenvalue weighted by Gasteiger charge is 2.32. The Morgan fingerprint density at radius 1 is 1.12 bits per heavy atom. The van der Waals surface area contributed by atoms with Gasteiger partial charge in [0, 0.05) is 31.9 Å². The first kappa shape index (κ1) is 22.8. The van der Waals surface area contributed by atoms with Crippen molar-refractivity contribution >= 4 is 23.6 Å². The molecule has 2 aromatic rings. The van der Waals surface area contributed by atoms with Crippen molar-refractivity contribution in [1.82, 2.24) is 15.5 Å². The molecule has 0 radical (unpaired) electrons. The van der Waals surface area contributed by atoms with Gasteiger partial charge in [0.2, 0.25) is 11.8 Å². The first-order valence-electron chi connectivity index (χ1n) is 10.9. The molecule has 2 aromatic carbocycles. The zero-order valence-electron chi connectivity index (χ0n) is 17.9. The van der Waals surface area contributed by atoms with Gasteiger partial charge < -0.3 is 15.4 Å². The summed E-state index contributed by atoms with van der Waals surface area (Å²) in [7, 11) is 0. The molecular formula is C24H28FN3O3S. The Kier molecular flexibility index (Phi) is 7.78. The zero-order valence-corrected chi connectivity index (χ0v) is 18.7. The molecule has 6 nitrogen and oxygen atoms in total. The highest BCUT2D eigenvalue weighted by atomic mass is 32.2. The molecule has 2 N–H and O–H groups in total. The number of carbonyl (C=O) groups is 2. The number of hydrogen-bond acceptors (Lipinski definition) is 5. The van der Waals surface area contributed by atoms with Gasteiger partial charge in [-0.15, -0.1) is 11.8 Å². The van der Waals surface area contributed by atoms with Crippen molar-refractivity contribution in [2.24, 2.45) is 0 Å². The fraction of sp³-hybridized carbons (Fsp3) is 0.417. The maximum Gasteiger partial charge on any atom is 0.243 e. The van der Waals surface area contributed by atoms with Gasteiger partial charge in [-0.2, -0.15) is 0 Å². The van der Waals surface area contributed by atoms with Gasteiger partial charge in [-0.05, 0) is 29.2 Å². The predicted octanol–water partition coefficient (Wildman–Crippen LogP) is 2.12. The van der Waals surface area contributed by atoms with Crippen LogP contribution in [0.1, 0.15) is 16.7 Å². The molecule has 2 aliphatic heterocycles. The number of benzene rings is 2. The number of hydrogen-bond donors (Lipinski definition) is 2. The summed E-state index contributed by atoms with van der Waals surface area (Å²) in [6.07, 6.45) is 0.314. The van der Waals surface area contributed by atoms with E-state index in [1.165, 1.54) is 23.4 Å². The van der Waals surface area contributed by atoms with Gasteiger partial charge in [-0.1, -0.05) is 42.5 Å². The second kappa shape index (κ2) is 10.9. The summed E-state index contributed by atoms with van der Waals surface area (Å²) in [5.74, 6) is -0.267. The maximum absolute atomic E-state index is 13.9. The Hall–Kier alpha value is -2.42. The van der Waals surface area contributed by atoms with Crippen molar-refractivity contribution in [2.75, 3.05) is 32.1 Å². The Labute approximate surface area is 191 Å². The summed E-state index contributed by atoms with van der Waals surface area (Å²) in [6.45, 7) is 4.77. The van der Waals surface area contributed by atoms with Crippen LogP contribution in [0.2, 0.25) is 0 Å². The van der Waals surface area contributed by atoms with Gasteiger partial charge in [-0.3, -0.25) is 14.5 Å². The van der Waals surface area contributed by atoms with E-state index in [0.29, 0.717) is 24.3 Å². The van der Waals surface area contributed by atoms with Crippen molar-refractivity contribution in [3.63, 3.8) is 0 Å². The summed E-state index contributed by atoms with van der Waals surface area (Å²) in [5, 5.41) is 5.30. The number of nitrogens with one attached hydrogen (secondary N) is 2. The lowest BCUT2D eigenvalue weighted by Crippen LogP contribution is -2.54. The molecule has 2 saturated heterocycles. The van der Waals surface area contributed by atoms with E-state index in [4.69, 9.17) is 4.74 Å². The van der Waals surface area contributed by atoms with E-state index < -0.39 is 11.3 Å². The van der Waals surface area contributed by atoms with Crippen LogP contribution in [-0.4, -0.2) is 60.1 Å². The molecule has 2 atom stereocenters. The number of ether oxygens (including phenoxy) is 1. The summed E-state index contributed by atoms with van der Waals surface area (Å²) >= 11 is 1.40. The topological polar surface area (TPSA) is 70.7 Å². The van der Waals surface area contributed by atoms with E-state index in [1.54, 1.807) is 18.2 Å². The zero-order chi connectivity index (χ0) is 22.3. The van der Waals surface area contributed by atoms with Crippen molar-refractivity contribution in [3.05, 3.63) is 71.0 Å². The third kappa shape index (κ3) is 6.09. The average molecular weight is 458 g/mol. The molecule has 2 fully saturated rings. The molecule has 0 unspecified atom stereocenters. The highest BCUT2D eigenvalue weighted by molar-refractivity contribution is 8.00. The number of thioether (sulfide) groups is 1. The summed E-state index contributed by atoms with van der Waals surface area (Å²) < 4.78 is 19.2. The van der Waals surface area contributed by atoms with Crippen LogP contribution in [0, 0.1) is 5.82 Å². The third-order valence-corrected chi connectivity index (χ3v) is 7.06. The lowest BCUT2D eigenvalue weighted by molar-refractivity contribution is -0.128. The van der Waals surface area contributed by atoms with Crippen LogP contribution in [-0.2, 0) is 33.8 Å². The van der Waals surface area contributed by atoms with E-state index in [9.17, 15) is 14.0 Å². The summed E-state index contributed by atoms with van der Waals surface area (Å²) in [4.78, 5) is 27.4. The molecule has 0 spiro atoms. The second-order valence-corrected chi connectivity index (χ2v) is 9.34. The van der Waals surface area contributed by atoms with Crippen LogP contribution in [0.15, 0.2) is 48.5 Å². The van der Waals surface area contributed by atoms with Crippen molar-refractivity contribution in [1.29, 1.82) is 0 Å². The fourth-order valence-electron chi connectivity index (χ4n) is 3.84. The minimum atomic E-state index is -0.579.